The van der Waals surface area contributed by atoms with E-state index in [1.165, 1.54) is 16.7 Å². The van der Waals surface area contributed by atoms with Crippen LogP contribution in [0.25, 0.3) is 0 Å². The van der Waals surface area contributed by atoms with Gasteiger partial charge in [-0.3, -0.25) is 4.90 Å². The minimum atomic E-state index is -0.0366. The summed E-state index contributed by atoms with van der Waals surface area (Å²) in [7, 11) is 0. The molecule has 3 heteroatoms. The van der Waals surface area contributed by atoms with Crippen molar-refractivity contribution in [3.63, 3.8) is 0 Å². The lowest BCUT2D eigenvalue weighted by atomic mass is 10.0. The maximum absolute atomic E-state index is 9.22. The smallest absolute Gasteiger partial charge is 0.0933 e. The fourth-order valence-corrected chi connectivity index (χ4v) is 2.51. The van der Waals surface area contributed by atoms with Crippen LogP contribution in [0.2, 0.25) is 0 Å². The summed E-state index contributed by atoms with van der Waals surface area (Å²) in [4.78, 5) is 2.40. The van der Waals surface area contributed by atoms with Crippen LogP contribution in [0.5, 0.6) is 0 Å². The van der Waals surface area contributed by atoms with Crippen LogP contribution in [-0.2, 0) is 11.3 Å². The van der Waals surface area contributed by atoms with Crippen molar-refractivity contribution in [1.29, 1.82) is 0 Å². The van der Waals surface area contributed by atoms with Crippen molar-refractivity contribution in [1.82, 2.24) is 4.90 Å². The number of aryl methyl sites for hydroxylation is 2. The van der Waals surface area contributed by atoms with Crippen molar-refractivity contribution in [2.75, 3.05) is 19.8 Å². The lowest BCUT2D eigenvalue weighted by molar-refractivity contribution is -0.0806. The zero-order valence-corrected chi connectivity index (χ0v) is 11.5. The molecule has 0 aromatic heterocycles. The summed E-state index contributed by atoms with van der Waals surface area (Å²) < 4.78 is 5.58. The number of hydrogen-bond acceptors (Lipinski definition) is 3. The van der Waals surface area contributed by atoms with E-state index in [0.29, 0.717) is 12.6 Å². The molecule has 100 valence electrons. The second-order valence-corrected chi connectivity index (χ2v) is 5.29. The van der Waals surface area contributed by atoms with Crippen LogP contribution in [0.4, 0.5) is 0 Å². The molecule has 0 bridgehead atoms. The third kappa shape index (κ3) is 2.91. The number of aliphatic hydroxyl groups is 1. The largest absolute Gasteiger partial charge is 0.394 e. The van der Waals surface area contributed by atoms with Gasteiger partial charge in [-0.15, -0.1) is 0 Å². The van der Waals surface area contributed by atoms with Gasteiger partial charge in [0.25, 0.3) is 0 Å². The Bertz CT molecular complexity index is 385. The van der Waals surface area contributed by atoms with Crippen LogP contribution >= 0.6 is 0 Å². The number of hydrogen-bond donors (Lipinski definition) is 1. The van der Waals surface area contributed by atoms with Crippen LogP contribution in [0.15, 0.2) is 18.2 Å². The summed E-state index contributed by atoms with van der Waals surface area (Å²) >= 11 is 0. The van der Waals surface area contributed by atoms with Crippen molar-refractivity contribution in [3.05, 3.63) is 34.9 Å². The van der Waals surface area contributed by atoms with Gasteiger partial charge in [-0.1, -0.05) is 18.2 Å². The van der Waals surface area contributed by atoms with Crippen molar-refractivity contribution in [3.8, 4) is 0 Å². The summed E-state index contributed by atoms with van der Waals surface area (Å²) in [5.41, 5.74) is 4.09. The molecule has 0 aliphatic carbocycles. The molecule has 1 aliphatic heterocycles. The first-order valence-corrected chi connectivity index (χ1v) is 6.63. The SMILES string of the molecule is Cc1cccc(C)c1CN1CC(CO)OCC1C. The Kier molecular flexibility index (Phi) is 4.38. The van der Waals surface area contributed by atoms with E-state index in [2.05, 4.69) is 43.9 Å². The summed E-state index contributed by atoms with van der Waals surface area (Å²) in [6, 6.07) is 6.84. The van der Waals surface area contributed by atoms with Crippen molar-refractivity contribution in [2.45, 2.75) is 39.5 Å². The predicted octanol–water partition coefficient (Wildman–Crippen LogP) is 1.89. The average molecular weight is 249 g/mol. The van der Waals surface area contributed by atoms with Crippen LogP contribution in [-0.4, -0.2) is 41.9 Å². The molecule has 1 heterocycles. The third-order valence-corrected chi connectivity index (χ3v) is 3.84. The van der Waals surface area contributed by atoms with E-state index in [9.17, 15) is 5.11 Å². The Morgan fingerprint density at radius 3 is 2.61 bits per heavy atom. The second-order valence-electron chi connectivity index (χ2n) is 5.29. The van der Waals surface area contributed by atoms with E-state index >= 15 is 0 Å². The Balaban J connectivity index is 2.12. The maximum Gasteiger partial charge on any atom is 0.0933 e. The zero-order chi connectivity index (χ0) is 13.1. The van der Waals surface area contributed by atoms with E-state index in [0.717, 1.165) is 13.1 Å². The Morgan fingerprint density at radius 1 is 1.33 bits per heavy atom. The molecular weight excluding hydrogens is 226 g/mol. The predicted molar refractivity (Wildman–Crippen MR) is 72.6 cm³/mol. The summed E-state index contributed by atoms with van der Waals surface area (Å²) in [5, 5.41) is 9.22. The molecule has 2 unspecified atom stereocenters. The normalized spacial score (nSPS) is 25.3. The van der Waals surface area contributed by atoms with Crippen LogP contribution in [0, 0.1) is 13.8 Å². The first kappa shape index (κ1) is 13.5. The number of morpholine rings is 1. The average Bonchev–Trinajstić information content (AvgIpc) is 2.36. The first-order chi connectivity index (χ1) is 8.61. The van der Waals surface area contributed by atoms with Gasteiger partial charge in [0, 0.05) is 19.1 Å². The van der Waals surface area contributed by atoms with Crippen molar-refractivity contribution in [2.24, 2.45) is 0 Å². The molecule has 1 aromatic carbocycles. The fraction of sp³-hybridized carbons (Fsp3) is 0.600. The molecule has 1 aliphatic rings. The van der Waals surface area contributed by atoms with Gasteiger partial charge in [-0.05, 0) is 37.5 Å². The highest BCUT2D eigenvalue weighted by Gasteiger charge is 2.26. The number of ether oxygens (including phenoxy) is 1. The quantitative estimate of drug-likeness (QED) is 0.888. The molecule has 0 saturated carbocycles. The van der Waals surface area contributed by atoms with Gasteiger partial charge in [0.05, 0.1) is 19.3 Å². The minimum absolute atomic E-state index is 0.0366. The highest BCUT2D eigenvalue weighted by molar-refractivity contribution is 5.33. The lowest BCUT2D eigenvalue weighted by Crippen LogP contribution is -2.49. The Morgan fingerprint density at radius 2 is 2.00 bits per heavy atom. The maximum atomic E-state index is 9.22. The van der Waals surface area contributed by atoms with Gasteiger partial charge < -0.3 is 9.84 Å². The Hall–Kier alpha value is -0.900. The molecule has 1 fully saturated rings. The molecule has 3 nitrogen and oxygen atoms in total. The number of benzene rings is 1. The molecule has 1 aromatic rings. The zero-order valence-electron chi connectivity index (χ0n) is 11.5. The standard InChI is InChI=1S/C15H23NO2/c1-11-5-4-6-12(2)15(11)8-16-7-14(9-17)18-10-13(16)3/h4-6,13-14,17H,7-10H2,1-3H3. The van der Waals surface area contributed by atoms with Crippen molar-refractivity contribution < 1.29 is 9.84 Å². The van der Waals surface area contributed by atoms with Gasteiger partial charge in [-0.25, -0.2) is 0 Å². The molecule has 1 saturated heterocycles. The van der Waals surface area contributed by atoms with Gasteiger partial charge in [0.2, 0.25) is 0 Å². The molecule has 18 heavy (non-hydrogen) atoms. The topological polar surface area (TPSA) is 32.7 Å². The van der Waals surface area contributed by atoms with Gasteiger partial charge >= 0.3 is 0 Å². The van der Waals surface area contributed by atoms with E-state index in [4.69, 9.17) is 4.74 Å². The molecule has 0 amide bonds. The number of aliphatic hydroxyl groups excluding tert-OH is 1. The minimum Gasteiger partial charge on any atom is -0.394 e. The summed E-state index contributed by atoms with van der Waals surface area (Å²) in [6.45, 7) is 9.08. The Labute approximate surface area is 109 Å². The molecule has 0 radical (unpaired) electrons. The van der Waals surface area contributed by atoms with Crippen LogP contribution in [0.3, 0.4) is 0 Å². The van der Waals surface area contributed by atoms with Crippen LogP contribution in [0.1, 0.15) is 23.6 Å². The van der Waals surface area contributed by atoms with Gasteiger partial charge in [-0.2, -0.15) is 0 Å². The van der Waals surface area contributed by atoms with E-state index in [-0.39, 0.29) is 12.7 Å². The molecule has 2 atom stereocenters. The lowest BCUT2D eigenvalue weighted by Gasteiger charge is -2.38. The second kappa shape index (κ2) is 5.83. The van der Waals surface area contributed by atoms with E-state index < -0.39 is 0 Å². The molecular formula is C15H23NO2. The fourth-order valence-electron chi connectivity index (χ4n) is 2.51. The van der Waals surface area contributed by atoms with Gasteiger partial charge in [0.1, 0.15) is 0 Å². The molecule has 0 spiro atoms. The van der Waals surface area contributed by atoms with E-state index in [1.807, 2.05) is 0 Å². The first-order valence-electron chi connectivity index (χ1n) is 6.63. The third-order valence-electron chi connectivity index (χ3n) is 3.84. The molecule has 1 N–H and O–H groups in total. The van der Waals surface area contributed by atoms with Crippen LogP contribution < -0.4 is 0 Å². The number of nitrogens with zero attached hydrogens (tertiary/aromatic N) is 1. The monoisotopic (exact) mass is 249 g/mol. The summed E-state index contributed by atoms with van der Waals surface area (Å²) in [6.07, 6.45) is -0.0366. The van der Waals surface area contributed by atoms with Gasteiger partial charge in [0.15, 0.2) is 0 Å². The summed E-state index contributed by atoms with van der Waals surface area (Å²) in [5.74, 6) is 0. The molecule has 2 rings (SSSR count). The van der Waals surface area contributed by atoms with Crippen molar-refractivity contribution >= 4 is 0 Å². The van der Waals surface area contributed by atoms with E-state index in [1.54, 1.807) is 0 Å². The highest BCUT2D eigenvalue weighted by Crippen LogP contribution is 2.20. The number of rotatable bonds is 3. The highest BCUT2D eigenvalue weighted by atomic mass is 16.5.